The van der Waals surface area contributed by atoms with Gasteiger partial charge >= 0.3 is 12.0 Å². The number of likely N-dealkylation sites (N-methyl/N-ethyl adjacent to an activating group) is 1. The van der Waals surface area contributed by atoms with E-state index >= 15 is 0 Å². The SMILES string of the molecule is CC(NC(=O)N[C@H](C)C(=O)O)C(=O)N(C)C. The molecule has 0 saturated carbocycles. The number of carbonyl (C=O) groups excluding carboxylic acids is 2. The lowest BCUT2D eigenvalue weighted by Gasteiger charge is -2.19. The lowest BCUT2D eigenvalue weighted by molar-refractivity contribution is -0.138. The number of nitrogens with zero attached hydrogens (tertiary/aromatic N) is 1. The summed E-state index contributed by atoms with van der Waals surface area (Å²) in [5.41, 5.74) is 0. The third kappa shape index (κ3) is 4.63. The summed E-state index contributed by atoms with van der Waals surface area (Å²) in [5.74, 6) is -1.40. The molecule has 0 aromatic carbocycles. The van der Waals surface area contributed by atoms with Crippen molar-refractivity contribution in [2.24, 2.45) is 0 Å². The number of carboxylic acids is 1. The fraction of sp³-hybridized carbons (Fsp3) is 0.667. The van der Waals surface area contributed by atoms with Gasteiger partial charge in [0.15, 0.2) is 0 Å². The number of urea groups is 1. The Balaban J connectivity index is 4.15. The average molecular weight is 231 g/mol. The highest BCUT2D eigenvalue weighted by atomic mass is 16.4. The van der Waals surface area contributed by atoms with E-state index in [9.17, 15) is 14.4 Å². The molecule has 0 heterocycles. The van der Waals surface area contributed by atoms with E-state index < -0.39 is 24.1 Å². The van der Waals surface area contributed by atoms with E-state index in [0.29, 0.717) is 0 Å². The Labute approximate surface area is 93.8 Å². The van der Waals surface area contributed by atoms with Gasteiger partial charge in [-0.15, -0.1) is 0 Å². The highest BCUT2D eigenvalue weighted by Crippen LogP contribution is 1.89. The van der Waals surface area contributed by atoms with Crippen molar-refractivity contribution in [2.75, 3.05) is 14.1 Å². The molecule has 7 nitrogen and oxygen atoms in total. The van der Waals surface area contributed by atoms with Crippen LogP contribution in [-0.2, 0) is 9.59 Å². The molecule has 2 atom stereocenters. The molecule has 0 aliphatic heterocycles. The first kappa shape index (κ1) is 14.2. The molecule has 16 heavy (non-hydrogen) atoms. The van der Waals surface area contributed by atoms with Crippen molar-refractivity contribution in [3.05, 3.63) is 0 Å². The molecule has 0 spiro atoms. The zero-order chi connectivity index (χ0) is 12.9. The van der Waals surface area contributed by atoms with Crippen molar-refractivity contribution in [3.8, 4) is 0 Å². The molecule has 1 unspecified atom stereocenters. The zero-order valence-corrected chi connectivity index (χ0v) is 9.77. The van der Waals surface area contributed by atoms with Gasteiger partial charge < -0.3 is 20.6 Å². The maximum absolute atomic E-state index is 11.4. The van der Waals surface area contributed by atoms with E-state index in [-0.39, 0.29) is 5.91 Å². The van der Waals surface area contributed by atoms with E-state index in [1.807, 2.05) is 0 Å². The summed E-state index contributed by atoms with van der Waals surface area (Å²) in [6.45, 7) is 2.85. The first-order chi connectivity index (χ1) is 7.25. The van der Waals surface area contributed by atoms with Crippen LogP contribution in [0.2, 0.25) is 0 Å². The molecule has 0 radical (unpaired) electrons. The second-order valence-corrected chi connectivity index (χ2v) is 3.63. The van der Waals surface area contributed by atoms with Crippen molar-refractivity contribution >= 4 is 17.9 Å². The van der Waals surface area contributed by atoms with Crippen LogP contribution in [0, 0.1) is 0 Å². The number of nitrogens with one attached hydrogen (secondary N) is 2. The van der Waals surface area contributed by atoms with Gasteiger partial charge in [-0.3, -0.25) is 9.59 Å². The fourth-order valence-electron chi connectivity index (χ4n) is 0.946. The van der Waals surface area contributed by atoms with Crippen LogP contribution in [-0.4, -0.2) is 54.1 Å². The summed E-state index contributed by atoms with van der Waals surface area (Å²) in [6, 6.07) is -2.38. The van der Waals surface area contributed by atoms with Crippen molar-refractivity contribution in [3.63, 3.8) is 0 Å². The van der Waals surface area contributed by atoms with E-state index in [2.05, 4.69) is 10.6 Å². The first-order valence-corrected chi connectivity index (χ1v) is 4.76. The molecule has 0 bridgehead atoms. The second-order valence-electron chi connectivity index (χ2n) is 3.63. The lowest BCUT2D eigenvalue weighted by Crippen LogP contribution is -2.51. The summed E-state index contributed by atoms with van der Waals surface area (Å²) in [7, 11) is 3.14. The predicted octanol–water partition coefficient (Wildman–Crippen LogP) is -0.765. The monoisotopic (exact) mass is 231 g/mol. The van der Waals surface area contributed by atoms with Crippen LogP contribution in [0.5, 0.6) is 0 Å². The van der Waals surface area contributed by atoms with Gasteiger partial charge in [0.2, 0.25) is 5.91 Å². The molecule has 92 valence electrons. The van der Waals surface area contributed by atoms with Crippen LogP contribution in [0.1, 0.15) is 13.8 Å². The minimum atomic E-state index is -1.14. The zero-order valence-electron chi connectivity index (χ0n) is 9.77. The Hall–Kier alpha value is -1.79. The number of amides is 3. The van der Waals surface area contributed by atoms with Gasteiger partial charge in [0, 0.05) is 14.1 Å². The highest BCUT2D eigenvalue weighted by molar-refractivity contribution is 5.88. The summed E-state index contributed by atoms with van der Waals surface area (Å²) < 4.78 is 0. The standard InChI is InChI=1S/C9H17N3O4/c1-5(7(13)12(3)4)10-9(16)11-6(2)8(14)15/h5-6H,1-4H3,(H,14,15)(H2,10,11,16)/t5?,6-/m1/s1. The van der Waals surface area contributed by atoms with Gasteiger partial charge in [-0.1, -0.05) is 0 Å². The topological polar surface area (TPSA) is 98.7 Å². The summed E-state index contributed by atoms with van der Waals surface area (Å²) in [4.78, 5) is 34.4. The minimum absolute atomic E-state index is 0.266. The molecule has 0 aliphatic rings. The maximum Gasteiger partial charge on any atom is 0.325 e. The molecule has 7 heteroatoms. The Morgan fingerprint density at radius 3 is 1.88 bits per heavy atom. The molecule has 3 amide bonds. The molecular formula is C9H17N3O4. The van der Waals surface area contributed by atoms with E-state index in [4.69, 9.17) is 5.11 Å². The minimum Gasteiger partial charge on any atom is -0.480 e. The van der Waals surface area contributed by atoms with Crippen molar-refractivity contribution in [1.82, 2.24) is 15.5 Å². The number of carbonyl (C=O) groups is 3. The number of aliphatic carboxylic acids is 1. The molecule has 0 rings (SSSR count). The second kappa shape index (κ2) is 5.94. The normalized spacial score (nSPS) is 13.5. The van der Waals surface area contributed by atoms with Crippen LogP contribution in [0.3, 0.4) is 0 Å². The summed E-state index contributed by atoms with van der Waals surface area (Å²) in [6.07, 6.45) is 0. The molecule has 0 aromatic heterocycles. The van der Waals surface area contributed by atoms with Gasteiger partial charge in [0.05, 0.1) is 0 Å². The maximum atomic E-state index is 11.4. The molecular weight excluding hydrogens is 214 g/mol. The third-order valence-corrected chi connectivity index (χ3v) is 1.88. The van der Waals surface area contributed by atoms with Crippen LogP contribution in [0.25, 0.3) is 0 Å². The number of hydrogen-bond acceptors (Lipinski definition) is 3. The van der Waals surface area contributed by atoms with Crippen molar-refractivity contribution < 1.29 is 19.5 Å². The third-order valence-electron chi connectivity index (χ3n) is 1.88. The number of carboxylic acid groups (broad SMARTS) is 1. The lowest BCUT2D eigenvalue weighted by atomic mass is 10.3. The first-order valence-electron chi connectivity index (χ1n) is 4.76. The number of hydrogen-bond donors (Lipinski definition) is 3. The largest absolute Gasteiger partial charge is 0.480 e. The Morgan fingerprint density at radius 1 is 1.06 bits per heavy atom. The fourth-order valence-corrected chi connectivity index (χ4v) is 0.946. The quantitative estimate of drug-likeness (QED) is 0.592. The summed E-state index contributed by atoms with van der Waals surface area (Å²) >= 11 is 0. The highest BCUT2D eigenvalue weighted by Gasteiger charge is 2.19. The number of rotatable bonds is 4. The van der Waals surface area contributed by atoms with E-state index in [0.717, 1.165) is 0 Å². The van der Waals surface area contributed by atoms with Crippen molar-refractivity contribution in [2.45, 2.75) is 25.9 Å². The molecule has 0 aromatic rings. The van der Waals surface area contributed by atoms with Gasteiger partial charge in [0.25, 0.3) is 0 Å². The average Bonchev–Trinajstić information content (AvgIpc) is 2.15. The van der Waals surface area contributed by atoms with Gasteiger partial charge in [0.1, 0.15) is 12.1 Å². The molecule has 0 fully saturated rings. The Bertz CT molecular complexity index is 290. The van der Waals surface area contributed by atoms with Crippen LogP contribution < -0.4 is 10.6 Å². The van der Waals surface area contributed by atoms with Crippen LogP contribution in [0.15, 0.2) is 0 Å². The smallest absolute Gasteiger partial charge is 0.325 e. The van der Waals surface area contributed by atoms with Crippen LogP contribution >= 0.6 is 0 Å². The molecule has 3 N–H and O–H groups in total. The Morgan fingerprint density at radius 2 is 1.50 bits per heavy atom. The van der Waals surface area contributed by atoms with Gasteiger partial charge in [-0.05, 0) is 13.8 Å². The van der Waals surface area contributed by atoms with Gasteiger partial charge in [-0.2, -0.15) is 0 Å². The van der Waals surface area contributed by atoms with E-state index in [1.165, 1.54) is 18.7 Å². The molecule has 0 aliphatic carbocycles. The summed E-state index contributed by atoms with van der Waals surface area (Å²) in [5, 5.41) is 13.1. The molecule has 0 saturated heterocycles. The predicted molar refractivity (Wildman–Crippen MR) is 56.9 cm³/mol. The van der Waals surface area contributed by atoms with Gasteiger partial charge in [-0.25, -0.2) is 4.79 Å². The van der Waals surface area contributed by atoms with Crippen LogP contribution in [0.4, 0.5) is 4.79 Å². The Kier molecular flexibility index (Phi) is 5.27. The van der Waals surface area contributed by atoms with E-state index in [1.54, 1.807) is 14.1 Å². The van der Waals surface area contributed by atoms with Crippen molar-refractivity contribution in [1.29, 1.82) is 0 Å².